The molecule has 0 saturated heterocycles. The molecule has 3 N–H and O–H groups in total. The van der Waals surface area contributed by atoms with Crippen molar-refractivity contribution in [2.45, 2.75) is 11.4 Å². The van der Waals surface area contributed by atoms with Crippen LogP contribution in [0.3, 0.4) is 0 Å². The van der Waals surface area contributed by atoms with Crippen molar-refractivity contribution in [1.29, 1.82) is 0 Å². The Morgan fingerprint density at radius 2 is 1.90 bits per heavy atom. The van der Waals surface area contributed by atoms with Gasteiger partial charge in [-0.2, -0.15) is 5.10 Å². The zero-order valence-corrected chi connectivity index (χ0v) is 16.4. The number of rotatable bonds is 6. The van der Waals surface area contributed by atoms with Gasteiger partial charge in [-0.1, -0.05) is 12.1 Å². The molecule has 4 rings (SSSR count). The van der Waals surface area contributed by atoms with Crippen LogP contribution < -0.4 is 10.6 Å². The average molecular weight is 423 g/mol. The molecule has 9 nitrogen and oxygen atoms in total. The van der Waals surface area contributed by atoms with Crippen molar-refractivity contribution in [3.63, 3.8) is 0 Å². The number of aromatic nitrogens is 2. The second kappa shape index (κ2) is 7.93. The summed E-state index contributed by atoms with van der Waals surface area (Å²) in [5.41, 5.74) is 4.80. The van der Waals surface area contributed by atoms with Crippen molar-refractivity contribution in [3.8, 4) is 11.3 Å². The van der Waals surface area contributed by atoms with Gasteiger partial charge in [0.05, 0.1) is 28.5 Å². The number of nitrogens with one attached hydrogen (secondary N) is 1. The van der Waals surface area contributed by atoms with Crippen LogP contribution in [-0.4, -0.2) is 30.1 Å². The van der Waals surface area contributed by atoms with Crippen LogP contribution in [0.1, 0.15) is 5.76 Å². The van der Waals surface area contributed by atoms with Gasteiger partial charge in [-0.25, -0.2) is 24.0 Å². The molecule has 0 bridgehead atoms. The number of imidazole rings is 1. The number of nitrogens with zero attached hydrogens (tertiary/aromatic N) is 3. The number of hydrazone groups is 1. The van der Waals surface area contributed by atoms with Gasteiger partial charge in [-0.05, 0) is 48.5 Å². The minimum absolute atomic E-state index is 0.0213. The van der Waals surface area contributed by atoms with Gasteiger partial charge in [0.25, 0.3) is 5.91 Å². The first-order valence-electron chi connectivity index (χ1n) is 8.85. The van der Waals surface area contributed by atoms with Crippen LogP contribution in [0.15, 0.2) is 81.4 Å². The monoisotopic (exact) mass is 423 g/mol. The number of furan rings is 1. The molecule has 0 aliphatic carbocycles. The highest BCUT2D eigenvalue weighted by atomic mass is 32.2. The molecule has 0 aliphatic rings. The Balaban J connectivity index is 1.38. The van der Waals surface area contributed by atoms with Crippen molar-refractivity contribution in [3.05, 3.63) is 72.8 Å². The second-order valence-corrected chi connectivity index (χ2v) is 7.99. The lowest BCUT2D eigenvalue weighted by atomic mass is 10.2. The maximum Gasteiger partial charge on any atom is 0.260 e. The van der Waals surface area contributed by atoms with Crippen LogP contribution >= 0.6 is 0 Å². The number of para-hydroxylation sites is 2. The van der Waals surface area contributed by atoms with Crippen LogP contribution in [0, 0.1) is 0 Å². The van der Waals surface area contributed by atoms with E-state index >= 15 is 0 Å². The topological polar surface area (TPSA) is 133 Å². The second-order valence-electron chi connectivity index (χ2n) is 6.43. The minimum atomic E-state index is -3.75. The number of hydrogen-bond donors (Lipinski definition) is 2. The molecule has 30 heavy (non-hydrogen) atoms. The van der Waals surface area contributed by atoms with Gasteiger partial charge in [0, 0.05) is 5.56 Å². The molecule has 0 atom stereocenters. The Kier molecular flexibility index (Phi) is 5.17. The summed E-state index contributed by atoms with van der Waals surface area (Å²) in [6, 6.07) is 16.9. The molecule has 0 fully saturated rings. The van der Waals surface area contributed by atoms with Crippen LogP contribution in [0.5, 0.6) is 0 Å². The summed E-state index contributed by atoms with van der Waals surface area (Å²) < 4.78 is 30.0. The molecular weight excluding hydrogens is 406 g/mol. The fraction of sp³-hybridized carbons (Fsp3) is 0.0500. The number of nitrogens with two attached hydrogens (primary N) is 1. The summed E-state index contributed by atoms with van der Waals surface area (Å²) in [6.45, 7) is 0.0810. The molecule has 152 valence electrons. The smallest absolute Gasteiger partial charge is 0.260 e. The van der Waals surface area contributed by atoms with Crippen molar-refractivity contribution in [1.82, 2.24) is 15.0 Å². The molecule has 2 heterocycles. The zero-order chi connectivity index (χ0) is 21.1. The van der Waals surface area contributed by atoms with E-state index in [1.807, 2.05) is 24.3 Å². The van der Waals surface area contributed by atoms with Gasteiger partial charge in [-0.15, -0.1) is 0 Å². The Hall–Kier alpha value is -3.76. The maximum atomic E-state index is 12.1. The summed E-state index contributed by atoms with van der Waals surface area (Å²) in [5.74, 6) is 0.641. The summed E-state index contributed by atoms with van der Waals surface area (Å²) in [6.07, 6.45) is 2.99. The van der Waals surface area contributed by atoms with Crippen molar-refractivity contribution >= 4 is 33.2 Å². The number of benzene rings is 2. The molecule has 0 radical (unpaired) electrons. The molecular formula is C20H17N5O4S. The third-order valence-corrected chi connectivity index (χ3v) is 5.25. The van der Waals surface area contributed by atoms with Gasteiger partial charge in [-0.3, -0.25) is 4.79 Å². The van der Waals surface area contributed by atoms with Crippen molar-refractivity contribution < 1.29 is 17.6 Å². The van der Waals surface area contributed by atoms with E-state index in [0.717, 1.165) is 11.0 Å². The first-order valence-corrected chi connectivity index (χ1v) is 10.4. The lowest BCUT2D eigenvalue weighted by Crippen LogP contribution is -2.22. The Morgan fingerprint density at radius 1 is 1.13 bits per heavy atom. The van der Waals surface area contributed by atoms with Gasteiger partial charge in [0.1, 0.15) is 18.1 Å². The van der Waals surface area contributed by atoms with E-state index in [9.17, 15) is 13.2 Å². The third-order valence-electron chi connectivity index (χ3n) is 4.32. The molecule has 4 aromatic rings. The third kappa shape index (κ3) is 4.29. The van der Waals surface area contributed by atoms with E-state index in [0.29, 0.717) is 17.1 Å². The number of hydrogen-bond acceptors (Lipinski definition) is 6. The standard InChI is InChI=1S/C20H17N5O4S/c21-30(27,28)16-8-5-14(6-9-16)19-10-7-15(29-19)11-23-24-20(26)12-25-13-22-17-3-1-2-4-18(17)25/h1-11,13H,12H2,(H,24,26)(H2,21,27,28)/b23-11-. The highest BCUT2D eigenvalue weighted by molar-refractivity contribution is 7.89. The van der Waals surface area contributed by atoms with E-state index in [1.54, 1.807) is 35.2 Å². The first kappa shape index (κ1) is 19.6. The fourth-order valence-electron chi connectivity index (χ4n) is 2.88. The summed E-state index contributed by atoms with van der Waals surface area (Å²) in [4.78, 5) is 16.4. The van der Waals surface area contributed by atoms with E-state index < -0.39 is 10.0 Å². The molecule has 10 heteroatoms. The van der Waals surface area contributed by atoms with Gasteiger partial charge in [0.2, 0.25) is 10.0 Å². The highest BCUT2D eigenvalue weighted by Gasteiger charge is 2.09. The number of carbonyl (C=O) groups is 1. The van der Waals surface area contributed by atoms with Crippen LogP contribution in [0.25, 0.3) is 22.4 Å². The van der Waals surface area contributed by atoms with E-state index in [2.05, 4.69) is 15.5 Å². The normalized spacial score (nSPS) is 11.9. The van der Waals surface area contributed by atoms with Crippen molar-refractivity contribution in [2.75, 3.05) is 0 Å². The molecule has 0 spiro atoms. The Morgan fingerprint density at radius 3 is 2.67 bits per heavy atom. The largest absolute Gasteiger partial charge is 0.455 e. The molecule has 0 saturated carbocycles. The average Bonchev–Trinajstić information content (AvgIpc) is 3.35. The number of fused-ring (bicyclic) bond motifs is 1. The predicted octanol–water partition coefficient (Wildman–Crippen LogP) is 2.09. The molecule has 1 amide bonds. The van der Waals surface area contributed by atoms with E-state index in [-0.39, 0.29) is 17.3 Å². The quantitative estimate of drug-likeness (QED) is 0.362. The molecule has 2 aromatic carbocycles. The van der Waals surface area contributed by atoms with Crippen molar-refractivity contribution in [2.24, 2.45) is 10.2 Å². The summed E-state index contributed by atoms with van der Waals surface area (Å²) in [7, 11) is -3.75. The zero-order valence-electron chi connectivity index (χ0n) is 15.6. The summed E-state index contributed by atoms with van der Waals surface area (Å²) >= 11 is 0. The Labute approximate surface area is 171 Å². The van der Waals surface area contributed by atoms with Gasteiger partial charge < -0.3 is 8.98 Å². The maximum absolute atomic E-state index is 12.1. The fourth-order valence-corrected chi connectivity index (χ4v) is 3.40. The number of primary sulfonamides is 1. The summed E-state index contributed by atoms with van der Waals surface area (Å²) in [5, 5.41) is 9.00. The van der Waals surface area contributed by atoms with Gasteiger partial charge >= 0.3 is 0 Å². The number of sulfonamides is 1. The minimum Gasteiger partial charge on any atom is -0.455 e. The molecule has 2 aromatic heterocycles. The molecule has 0 unspecified atom stereocenters. The lowest BCUT2D eigenvalue weighted by molar-refractivity contribution is -0.121. The SMILES string of the molecule is NS(=O)(=O)c1ccc(-c2ccc(/C=N\NC(=O)Cn3cnc4ccccc43)o2)cc1. The van der Waals surface area contributed by atoms with Gasteiger partial charge in [0.15, 0.2) is 0 Å². The lowest BCUT2D eigenvalue weighted by Gasteiger charge is -2.02. The number of amides is 1. The Bertz CT molecular complexity index is 1340. The van der Waals surface area contributed by atoms with Crippen LogP contribution in [0.4, 0.5) is 0 Å². The predicted molar refractivity (Wildman–Crippen MR) is 111 cm³/mol. The van der Waals surface area contributed by atoms with E-state index in [1.165, 1.54) is 18.3 Å². The number of carbonyl (C=O) groups excluding carboxylic acids is 1. The van der Waals surface area contributed by atoms with Crippen LogP contribution in [0.2, 0.25) is 0 Å². The van der Waals surface area contributed by atoms with E-state index in [4.69, 9.17) is 9.56 Å². The molecule has 0 aliphatic heterocycles. The highest BCUT2D eigenvalue weighted by Crippen LogP contribution is 2.23. The first-order chi connectivity index (χ1) is 14.4. The van der Waals surface area contributed by atoms with Crippen LogP contribution in [-0.2, 0) is 21.4 Å².